The van der Waals surface area contributed by atoms with E-state index in [0.29, 0.717) is 0 Å². The van der Waals surface area contributed by atoms with Gasteiger partial charge < -0.3 is 4.74 Å². The molecule has 0 aliphatic carbocycles. The summed E-state index contributed by atoms with van der Waals surface area (Å²) in [6.07, 6.45) is 0.956. The Bertz CT molecular complexity index is 920. The molecule has 0 atom stereocenters. The average molecular weight is 348 g/mol. The molecule has 124 valence electrons. The minimum atomic E-state index is -3.57. The van der Waals surface area contributed by atoms with Crippen molar-refractivity contribution in [1.82, 2.24) is 0 Å². The van der Waals surface area contributed by atoms with E-state index in [1.165, 1.54) is 24.3 Å². The number of para-hydroxylation sites is 1. The summed E-state index contributed by atoms with van der Waals surface area (Å²) >= 11 is 0. The van der Waals surface area contributed by atoms with E-state index < -0.39 is 21.8 Å². The summed E-state index contributed by atoms with van der Waals surface area (Å²) in [7, 11) is -3.57. The van der Waals surface area contributed by atoms with Crippen molar-refractivity contribution in [3.8, 4) is 6.07 Å². The van der Waals surface area contributed by atoms with Crippen molar-refractivity contribution in [1.29, 1.82) is 5.26 Å². The molecule has 0 heterocycles. The normalized spacial score (nSPS) is 10.7. The van der Waals surface area contributed by atoms with Crippen LogP contribution in [0.2, 0.25) is 0 Å². The summed E-state index contributed by atoms with van der Waals surface area (Å²) in [5, 5.41) is 8.81. The highest BCUT2D eigenvalue weighted by atomic mass is 32.2. The van der Waals surface area contributed by atoms with Crippen LogP contribution in [0.5, 0.6) is 0 Å². The molecule has 2 aromatic carbocycles. The molecule has 0 aliphatic heterocycles. The monoisotopic (exact) mass is 348 g/mol. The zero-order valence-electron chi connectivity index (χ0n) is 12.6. The molecule has 2 aromatic rings. The predicted molar refractivity (Wildman–Crippen MR) is 85.1 cm³/mol. The zero-order valence-corrected chi connectivity index (χ0v) is 13.4. The largest absolute Gasteiger partial charge is 0.457 e. The first-order valence-electron chi connectivity index (χ1n) is 6.72. The summed E-state index contributed by atoms with van der Waals surface area (Å²) < 4.78 is 43.6. The Labute approximate surface area is 138 Å². The van der Waals surface area contributed by atoms with Crippen molar-refractivity contribution in [2.24, 2.45) is 0 Å². The lowest BCUT2D eigenvalue weighted by Gasteiger charge is -2.11. The van der Waals surface area contributed by atoms with Crippen molar-refractivity contribution >= 4 is 21.7 Å². The summed E-state index contributed by atoms with van der Waals surface area (Å²) in [6, 6.07) is 11.5. The van der Waals surface area contributed by atoms with Crippen LogP contribution in [0.25, 0.3) is 0 Å². The third-order valence-electron chi connectivity index (χ3n) is 2.98. The molecule has 2 rings (SSSR count). The number of nitrogens with zero attached hydrogens (tertiary/aromatic N) is 1. The quantitative estimate of drug-likeness (QED) is 0.837. The van der Waals surface area contributed by atoms with Crippen molar-refractivity contribution in [3.05, 3.63) is 65.0 Å². The van der Waals surface area contributed by atoms with Gasteiger partial charge in [-0.2, -0.15) is 5.26 Å². The van der Waals surface area contributed by atoms with Gasteiger partial charge in [-0.1, -0.05) is 12.1 Å². The van der Waals surface area contributed by atoms with E-state index in [1.807, 2.05) is 6.07 Å². The van der Waals surface area contributed by atoms with E-state index >= 15 is 0 Å². The molecule has 24 heavy (non-hydrogen) atoms. The second kappa shape index (κ2) is 7.10. The number of carbonyl (C=O) groups excluding carboxylic acids is 1. The van der Waals surface area contributed by atoms with Crippen molar-refractivity contribution in [3.63, 3.8) is 0 Å². The maximum atomic E-state index is 13.7. The van der Waals surface area contributed by atoms with Gasteiger partial charge >= 0.3 is 5.97 Å². The number of sulfonamides is 1. The number of anilines is 1. The third kappa shape index (κ3) is 4.54. The van der Waals surface area contributed by atoms with Crippen LogP contribution in [0.4, 0.5) is 10.1 Å². The second-order valence-corrected chi connectivity index (χ2v) is 6.66. The van der Waals surface area contributed by atoms with Crippen LogP contribution in [0.1, 0.15) is 21.5 Å². The fourth-order valence-corrected chi connectivity index (χ4v) is 2.50. The minimum Gasteiger partial charge on any atom is -0.457 e. The van der Waals surface area contributed by atoms with Crippen LogP contribution in [0.3, 0.4) is 0 Å². The Morgan fingerprint density at radius 3 is 2.67 bits per heavy atom. The number of hydrogen-bond donors (Lipinski definition) is 1. The summed E-state index contributed by atoms with van der Waals surface area (Å²) in [6.45, 7) is -0.382. The van der Waals surface area contributed by atoms with E-state index in [4.69, 9.17) is 10.00 Å². The maximum absolute atomic E-state index is 13.7. The van der Waals surface area contributed by atoms with Crippen molar-refractivity contribution in [2.45, 2.75) is 6.61 Å². The highest BCUT2D eigenvalue weighted by Crippen LogP contribution is 2.19. The van der Waals surface area contributed by atoms with Gasteiger partial charge in [0.2, 0.25) is 10.0 Å². The Morgan fingerprint density at radius 2 is 2.00 bits per heavy atom. The molecule has 0 aromatic heterocycles. The molecular formula is C16H13FN2O4S. The lowest BCUT2D eigenvalue weighted by atomic mass is 10.1. The lowest BCUT2D eigenvalue weighted by Crippen LogP contribution is -2.14. The first kappa shape index (κ1) is 17.4. The number of nitrogens with one attached hydrogen (secondary N) is 1. The van der Waals surface area contributed by atoms with Crippen molar-refractivity contribution < 1.29 is 22.3 Å². The standard InChI is InChI=1S/C16H13FN2O4S/c1-24(21,22)19-15-5-3-2-4-13(15)16(20)23-10-12-8-11(9-18)6-7-14(12)17/h2-8,19H,10H2,1H3. The first-order chi connectivity index (χ1) is 11.3. The predicted octanol–water partition coefficient (Wildman–Crippen LogP) is 2.43. The van der Waals surface area contributed by atoms with Gasteiger partial charge in [0.15, 0.2) is 0 Å². The smallest absolute Gasteiger partial charge is 0.340 e. The number of halogens is 1. The Hall–Kier alpha value is -2.92. The van der Waals surface area contributed by atoms with Crippen LogP contribution in [-0.4, -0.2) is 20.6 Å². The number of nitriles is 1. The molecule has 0 aliphatic rings. The van der Waals surface area contributed by atoms with Gasteiger partial charge in [-0.05, 0) is 30.3 Å². The van der Waals surface area contributed by atoms with Gasteiger partial charge in [-0.3, -0.25) is 4.72 Å². The number of ether oxygens (including phenoxy) is 1. The number of carbonyl (C=O) groups is 1. The molecule has 0 amide bonds. The molecule has 1 N–H and O–H groups in total. The number of esters is 1. The highest BCUT2D eigenvalue weighted by Gasteiger charge is 2.16. The molecule has 0 unspecified atom stereocenters. The van der Waals surface area contributed by atoms with Gasteiger partial charge in [0.1, 0.15) is 12.4 Å². The lowest BCUT2D eigenvalue weighted by molar-refractivity contribution is 0.0470. The van der Waals surface area contributed by atoms with E-state index in [2.05, 4.69) is 4.72 Å². The molecule has 0 saturated heterocycles. The first-order valence-corrected chi connectivity index (χ1v) is 8.62. The molecule has 0 fully saturated rings. The number of rotatable bonds is 5. The van der Waals surface area contributed by atoms with E-state index in [-0.39, 0.29) is 29.0 Å². The average Bonchev–Trinajstić information content (AvgIpc) is 2.53. The van der Waals surface area contributed by atoms with Crippen LogP contribution in [0.15, 0.2) is 42.5 Å². The van der Waals surface area contributed by atoms with Crippen LogP contribution in [0, 0.1) is 17.1 Å². The van der Waals surface area contributed by atoms with Gasteiger partial charge in [0.25, 0.3) is 0 Å². The Balaban J connectivity index is 2.18. The fraction of sp³-hybridized carbons (Fsp3) is 0.125. The molecule has 0 bridgehead atoms. The molecule has 8 heteroatoms. The van der Waals surface area contributed by atoms with Crippen LogP contribution in [-0.2, 0) is 21.4 Å². The van der Waals surface area contributed by atoms with Gasteiger partial charge in [0, 0.05) is 5.56 Å². The third-order valence-corrected chi connectivity index (χ3v) is 3.57. The Morgan fingerprint density at radius 1 is 1.29 bits per heavy atom. The molecule has 6 nitrogen and oxygen atoms in total. The van der Waals surface area contributed by atoms with Crippen LogP contribution < -0.4 is 4.72 Å². The molecular weight excluding hydrogens is 335 g/mol. The topological polar surface area (TPSA) is 96.3 Å². The highest BCUT2D eigenvalue weighted by molar-refractivity contribution is 7.92. The van der Waals surface area contributed by atoms with Gasteiger partial charge in [-0.25, -0.2) is 17.6 Å². The number of hydrogen-bond acceptors (Lipinski definition) is 5. The maximum Gasteiger partial charge on any atom is 0.340 e. The SMILES string of the molecule is CS(=O)(=O)Nc1ccccc1C(=O)OCc1cc(C#N)ccc1F. The Kier molecular flexibility index (Phi) is 5.16. The van der Waals surface area contributed by atoms with Crippen LogP contribution >= 0.6 is 0 Å². The fourth-order valence-electron chi connectivity index (χ4n) is 1.93. The van der Waals surface area contributed by atoms with E-state index in [0.717, 1.165) is 12.3 Å². The molecule has 0 radical (unpaired) electrons. The number of benzene rings is 2. The summed E-state index contributed by atoms with van der Waals surface area (Å²) in [5.74, 6) is -1.42. The van der Waals surface area contributed by atoms with Gasteiger partial charge in [-0.15, -0.1) is 0 Å². The summed E-state index contributed by atoms with van der Waals surface area (Å²) in [5.41, 5.74) is 0.355. The molecule has 0 saturated carbocycles. The van der Waals surface area contributed by atoms with Gasteiger partial charge in [0.05, 0.1) is 29.1 Å². The summed E-state index contributed by atoms with van der Waals surface area (Å²) in [4.78, 5) is 12.1. The van der Waals surface area contributed by atoms with E-state index in [1.54, 1.807) is 12.1 Å². The zero-order chi connectivity index (χ0) is 17.7. The molecule has 0 spiro atoms. The minimum absolute atomic E-state index is 0.000212. The van der Waals surface area contributed by atoms with Crippen molar-refractivity contribution in [2.75, 3.05) is 11.0 Å². The van der Waals surface area contributed by atoms with E-state index in [9.17, 15) is 17.6 Å². The second-order valence-electron chi connectivity index (χ2n) is 4.91.